The highest BCUT2D eigenvalue weighted by molar-refractivity contribution is 5.73. The smallest absolute Gasteiger partial charge is 0.143 e. The lowest BCUT2D eigenvalue weighted by molar-refractivity contribution is -0.0640. The van der Waals surface area contributed by atoms with Crippen molar-refractivity contribution in [1.82, 2.24) is 5.32 Å². The molecule has 2 heterocycles. The zero-order valence-electron chi connectivity index (χ0n) is 39.9. The molecule has 3 atom stereocenters. The molecule has 9 heteroatoms. The molecule has 1 aliphatic carbocycles. The van der Waals surface area contributed by atoms with Gasteiger partial charge in [-0.1, -0.05) is 125 Å². The van der Waals surface area contributed by atoms with Crippen LogP contribution in [0.1, 0.15) is 75.8 Å². The number of rotatable bonds is 19. The molecule has 3 unspecified atom stereocenters. The molecule has 0 aromatic heterocycles. The number of nitrogens with one attached hydrogen (secondary N) is 1. The van der Waals surface area contributed by atoms with E-state index in [2.05, 4.69) is 117 Å². The summed E-state index contributed by atoms with van der Waals surface area (Å²) in [5, 5.41) is 27.3. The molecule has 5 aromatic carbocycles. The largest absolute Gasteiger partial charge is 0.511 e. The SMILES string of the molecule is CCN1C(=CC2=C(O)C(C=C3N(CC)c4ccccc4C3(C)C)C2NCCCOCC(O)COC(c2ccccc2)(c2ccc(OC)cc2)c2ccc(OC)cc2)C(C)(C)c2ccccc21. The van der Waals surface area contributed by atoms with Gasteiger partial charge in [-0.2, -0.15) is 0 Å². The minimum atomic E-state index is -1.04. The Morgan fingerprint density at radius 3 is 1.71 bits per heavy atom. The first kappa shape index (κ1) is 46.7. The molecule has 0 radical (unpaired) electrons. The van der Waals surface area contributed by atoms with Crippen molar-refractivity contribution in [3.8, 4) is 11.5 Å². The number of hydrogen-bond donors (Lipinski definition) is 3. The Kier molecular flexibility index (Phi) is 13.8. The van der Waals surface area contributed by atoms with E-state index in [1.54, 1.807) is 14.2 Å². The van der Waals surface area contributed by atoms with Crippen LogP contribution in [-0.4, -0.2) is 76.0 Å². The first-order valence-corrected chi connectivity index (χ1v) is 23.5. The molecule has 0 saturated heterocycles. The Bertz CT molecular complexity index is 2500. The summed E-state index contributed by atoms with van der Waals surface area (Å²) in [7, 11) is 3.30. The molecular weight excluding hydrogens is 823 g/mol. The third-order valence-electron chi connectivity index (χ3n) is 14.0. The number of allylic oxidation sites excluding steroid dienone is 2. The van der Waals surface area contributed by atoms with Crippen molar-refractivity contribution in [2.45, 2.75) is 76.5 Å². The van der Waals surface area contributed by atoms with Crippen LogP contribution in [0.25, 0.3) is 0 Å². The molecule has 0 fully saturated rings. The highest BCUT2D eigenvalue weighted by Crippen LogP contribution is 2.52. The van der Waals surface area contributed by atoms with Gasteiger partial charge in [-0.3, -0.25) is 0 Å². The van der Waals surface area contributed by atoms with Crippen molar-refractivity contribution < 1.29 is 29.2 Å². The molecular formula is C57H67N3O6. The van der Waals surface area contributed by atoms with Gasteiger partial charge in [-0.25, -0.2) is 0 Å². The van der Waals surface area contributed by atoms with Gasteiger partial charge in [0.15, 0.2) is 0 Å². The summed E-state index contributed by atoms with van der Waals surface area (Å²) < 4.78 is 24.0. The van der Waals surface area contributed by atoms with Crippen LogP contribution in [-0.2, 0) is 25.9 Å². The van der Waals surface area contributed by atoms with Crippen LogP contribution in [0.15, 0.2) is 162 Å². The number of para-hydroxylation sites is 2. The average Bonchev–Trinajstić information content (AvgIpc) is 3.71. The van der Waals surface area contributed by atoms with Crippen LogP contribution < -0.4 is 24.6 Å². The lowest BCUT2D eigenvalue weighted by Crippen LogP contribution is -2.47. The fourth-order valence-electron chi connectivity index (χ4n) is 10.4. The van der Waals surface area contributed by atoms with Crippen molar-refractivity contribution in [2.75, 3.05) is 63.5 Å². The highest BCUT2D eigenvalue weighted by atomic mass is 16.5. The molecule has 8 rings (SSSR count). The Balaban J connectivity index is 0.975. The molecule has 3 aliphatic rings. The fourth-order valence-corrected chi connectivity index (χ4v) is 10.4. The van der Waals surface area contributed by atoms with E-state index < -0.39 is 11.7 Å². The number of methoxy groups -OCH3 is 2. The minimum Gasteiger partial charge on any atom is -0.511 e. The Morgan fingerprint density at radius 2 is 1.17 bits per heavy atom. The summed E-state index contributed by atoms with van der Waals surface area (Å²) >= 11 is 0. The molecule has 0 saturated carbocycles. The quantitative estimate of drug-likeness (QED) is 0.0553. The van der Waals surface area contributed by atoms with Crippen LogP contribution >= 0.6 is 0 Å². The van der Waals surface area contributed by atoms with Gasteiger partial charge in [0, 0.05) is 64.9 Å². The standard InChI is InChI=1S/C57H67N3O6/c1-9-59-49-23-16-14-21-47(49)55(3,4)51(59)35-45-53(46(54(45)62)36-52-56(5,6)48-22-15-17-24-50(48)60(52)10-2)58-33-18-34-65-37-42(61)38-66-57(39-19-12-11-13-20-39,40-25-29-43(63-7)30-26-40)41-27-31-44(64-8)32-28-41/h11-17,19-32,35-36,42,45,53,58,61-62H,9-10,18,33-34,37-38H2,1-8H3. The maximum absolute atomic E-state index is 12.1. The van der Waals surface area contributed by atoms with Crippen LogP contribution in [0.3, 0.4) is 0 Å². The zero-order valence-corrected chi connectivity index (χ0v) is 39.9. The maximum Gasteiger partial charge on any atom is 0.143 e. The van der Waals surface area contributed by atoms with Crippen molar-refractivity contribution in [1.29, 1.82) is 0 Å². The normalized spacial score (nSPS) is 20.1. The number of fused-ring (bicyclic) bond motifs is 2. The Labute approximate surface area is 392 Å². The summed E-state index contributed by atoms with van der Waals surface area (Å²) in [5.74, 6) is 1.68. The monoisotopic (exact) mass is 890 g/mol. The summed E-state index contributed by atoms with van der Waals surface area (Å²) in [4.78, 5) is 4.78. The van der Waals surface area contributed by atoms with Crippen molar-refractivity contribution in [3.63, 3.8) is 0 Å². The highest BCUT2D eigenvalue weighted by Gasteiger charge is 2.46. The number of anilines is 2. The van der Waals surface area contributed by atoms with E-state index in [1.807, 2.05) is 78.9 Å². The maximum atomic E-state index is 12.1. The zero-order chi connectivity index (χ0) is 46.6. The van der Waals surface area contributed by atoms with Crippen LogP contribution in [0.4, 0.5) is 11.4 Å². The van der Waals surface area contributed by atoms with Gasteiger partial charge < -0.3 is 44.3 Å². The summed E-state index contributed by atoms with van der Waals surface area (Å²) in [6, 6.07) is 43.0. The van der Waals surface area contributed by atoms with E-state index in [-0.39, 0.29) is 36.0 Å². The van der Waals surface area contributed by atoms with Crippen LogP contribution in [0.5, 0.6) is 11.5 Å². The van der Waals surface area contributed by atoms with Gasteiger partial charge in [0.25, 0.3) is 0 Å². The van der Waals surface area contributed by atoms with E-state index in [9.17, 15) is 10.2 Å². The van der Waals surface area contributed by atoms with Crippen molar-refractivity contribution >= 4 is 11.4 Å². The Hall–Kier alpha value is -5.84. The van der Waals surface area contributed by atoms with Crippen LogP contribution in [0.2, 0.25) is 0 Å². The number of likely N-dealkylation sites (N-methyl/N-ethyl adjacent to an activating group) is 2. The van der Waals surface area contributed by atoms with E-state index in [1.165, 1.54) is 33.9 Å². The molecule has 346 valence electrons. The second-order valence-corrected chi connectivity index (χ2v) is 18.5. The van der Waals surface area contributed by atoms with Crippen molar-refractivity contribution in [2.24, 2.45) is 5.92 Å². The number of aliphatic hydroxyl groups excluding tert-OH is 2. The lowest BCUT2D eigenvalue weighted by atomic mass is 9.73. The molecule has 3 N–H and O–H groups in total. The van der Waals surface area contributed by atoms with Crippen molar-refractivity contribution in [3.05, 3.63) is 190 Å². The lowest BCUT2D eigenvalue weighted by Gasteiger charge is -2.40. The molecule has 2 aliphatic heterocycles. The molecule has 5 aromatic rings. The third-order valence-corrected chi connectivity index (χ3v) is 14.0. The van der Waals surface area contributed by atoms with E-state index in [4.69, 9.17) is 18.9 Å². The van der Waals surface area contributed by atoms with E-state index >= 15 is 0 Å². The predicted molar refractivity (Wildman–Crippen MR) is 266 cm³/mol. The molecule has 66 heavy (non-hydrogen) atoms. The number of benzene rings is 5. The summed E-state index contributed by atoms with van der Waals surface area (Å²) in [6.07, 6.45) is 4.35. The number of ether oxygens (including phenoxy) is 4. The van der Waals surface area contributed by atoms with Gasteiger partial charge >= 0.3 is 0 Å². The minimum absolute atomic E-state index is 0.0235. The average molecular weight is 890 g/mol. The first-order valence-electron chi connectivity index (χ1n) is 23.5. The molecule has 0 bridgehead atoms. The second-order valence-electron chi connectivity index (χ2n) is 18.5. The third kappa shape index (κ3) is 8.54. The number of nitrogens with zero attached hydrogens (tertiary/aromatic N) is 2. The molecule has 9 nitrogen and oxygen atoms in total. The van der Waals surface area contributed by atoms with E-state index in [0.717, 1.165) is 46.9 Å². The molecule has 0 amide bonds. The number of hydrogen-bond acceptors (Lipinski definition) is 9. The predicted octanol–water partition coefficient (Wildman–Crippen LogP) is 10.6. The summed E-state index contributed by atoms with van der Waals surface area (Å²) in [6.45, 7) is 16.4. The second kappa shape index (κ2) is 19.6. The van der Waals surface area contributed by atoms with Gasteiger partial charge in [0.2, 0.25) is 0 Å². The molecule has 0 spiro atoms. The fraction of sp³-hybridized carbons (Fsp3) is 0.368. The topological polar surface area (TPSA) is 95.9 Å². The first-order chi connectivity index (χ1) is 31.9. The van der Waals surface area contributed by atoms with Gasteiger partial charge in [0.1, 0.15) is 29.0 Å². The summed E-state index contributed by atoms with van der Waals surface area (Å²) in [5.41, 5.74) is 9.58. The van der Waals surface area contributed by atoms with Crippen LogP contribution in [0, 0.1) is 5.92 Å². The number of aliphatic hydroxyl groups is 2. The van der Waals surface area contributed by atoms with Gasteiger partial charge in [-0.15, -0.1) is 0 Å². The van der Waals surface area contributed by atoms with Gasteiger partial charge in [0.05, 0.1) is 33.4 Å². The Morgan fingerprint density at radius 1 is 0.667 bits per heavy atom. The van der Waals surface area contributed by atoms with E-state index in [0.29, 0.717) is 25.3 Å². The van der Waals surface area contributed by atoms with Gasteiger partial charge in [-0.05, 0) is 97.1 Å².